The molecule has 8 heavy (non-hydrogen) atoms. The molecule has 2 nitrogen and oxygen atoms in total. The van der Waals surface area contributed by atoms with Crippen molar-refractivity contribution < 1.29 is 9.47 Å². The van der Waals surface area contributed by atoms with E-state index in [0.29, 0.717) is 18.6 Å². The monoisotopic (exact) mass is 136 g/mol. The van der Waals surface area contributed by atoms with E-state index in [1.54, 1.807) is 0 Å². The van der Waals surface area contributed by atoms with Crippen LogP contribution in [-0.4, -0.2) is 25.9 Å². The molecule has 0 N–H and O–H groups in total. The smallest absolute Gasteiger partial charge is 0.146 e. The van der Waals surface area contributed by atoms with E-state index >= 15 is 0 Å². The van der Waals surface area contributed by atoms with Crippen LogP contribution in [0.2, 0.25) is 0 Å². The summed E-state index contributed by atoms with van der Waals surface area (Å²) in [5, 5.41) is 0. The van der Waals surface area contributed by atoms with Gasteiger partial charge in [-0.3, -0.25) is 0 Å². The van der Waals surface area contributed by atoms with Crippen molar-refractivity contribution in [3.63, 3.8) is 0 Å². The molecule has 0 amide bonds. The zero-order chi connectivity index (χ0) is 5.82. The van der Waals surface area contributed by atoms with Gasteiger partial charge in [0.1, 0.15) is 6.79 Å². The first-order valence-corrected chi connectivity index (χ1v) is 3.18. The fraction of sp³-hybridized carbons (Fsp3) is 1.00. The summed E-state index contributed by atoms with van der Waals surface area (Å²) in [4.78, 5) is 0. The van der Waals surface area contributed by atoms with Crippen molar-refractivity contribution in [2.24, 2.45) is 5.92 Å². The van der Waals surface area contributed by atoms with Crippen LogP contribution in [-0.2, 0) is 9.47 Å². The van der Waals surface area contributed by atoms with E-state index in [0.717, 1.165) is 13.2 Å². The minimum Gasteiger partial charge on any atom is -0.355 e. The average Bonchev–Trinajstić information content (AvgIpc) is 1.90. The van der Waals surface area contributed by atoms with Gasteiger partial charge >= 0.3 is 0 Å². The molecule has 1 aliphatic heterocycles. The molecule has 0 radical (unpaired) electrons. The summed E-state index contributed by atoms with van der Waals surface area (Å²) in [7, 11) is 0. The third-order valence-corrected chi connectivity index (χ3v) is 1.53. The van der Waals surface area contributed by atoms with Crippen molar-refractivity contribution in [1.82, 2.24) is 0 Å². The predicted molar refractivity (Wildman–Crippen MR) is 31.0 cm³/mol. The molecule has 1 aliphatic rings. The van der Waals surface area contributed by atoms with Crippen molar-refractivity contribution in [2.45, 2.75) is 0 Å². The zero-order valence-corrected chi connectivity index (χ0v) is 5.36. The van der Waals surface area contributed by atoms with Crippen LogP contribution >= 0.6 is 11.6 Å². The summed E-state index contributed by atoms with van der Waals surface area (Å²) in [5.41, 5.74) is 0. The second-order valence-electron chi connectivity index (χ2n) is 1.88. The predicted octanol–water partition coefficient (Wildman–Crippen LogP) is 0.846. The second-order valence-corrected chi connectivity index (χ2v) is 2.19. The molecule has 0 aromatic carbocycles. The first-order chi connectivity index (χ1) is 3.93. The highest BCUT2D eigenvalue weighted by Gasteiger charge is 2.11. The number of hydrogen-bond donors (Lipinski definition) is 0. The van der Waals surface area contributed by atoms with Gasteiger partial charge in [0.25, 0.3) is 0 Å². The summed E-state index contributed by atoms with van der Waals surface area (Å²) in [6, 6.07) is 0. The highest BCUT2D eigenvalue weighted by molar-refractivity contribution is 6.18. The van der Waals surface area contributed by atoms with Crippen LogP contribution in [0.25, 0.3) is 0 Å². The first-order valence-electron chi connectivity index (χ1n) is 2.65. The Morgan fingerprint density at radius 3 is 2.38 bits per heavy atom. The van der Waals surface area contributed by atoms with E-state index < -0.39 is 0 Å². The van der Waals surface area contributed by atoms with E-state index in [4.69, 9.17) is 21.1 Å². The Balaban J connectivity index is 2.13. The van der Waals surface area contributed by atoms with Crippen LogP contribution in [0.15, 0.2) is 0 Å². The fourth-order valence-corrected chi connectivity index (χ4v) is 0.804. The van der Waals surface area contributed by atoms with Gasteiger partial charge in [-0.2, -0.15) is 0 Å². The van der Waals surface area contributed by atoms with E-state index in [1.807, 2.05) is 0 Å². The lowest BCUT2D eigenvalue weighted by molar-refractivity contribution is -0.120. The molecule has 1 fully saturated rings. The molecule has 0 aliphatic carbocycles. The summed E-state index contributed by atoms with van der Waals surface area (Å²) < 4.78 is 9.93. The molecule has 0 spiro atoms. The van der Waals surface area contributed by atoms with Crippen LogP contribution in [0.5, 0.6) is 0 Å². The SMILES string of the molecule is ClCC1COCOC1. The van der Waals surface area contributed by atoms with E-state index in [1.165, 1.54) is 0 Å². The van der Waals surface area contributed by atoms with Gasteiger partial charge in [0.15, 0.2) is 0 Å². The highest BCUT2D eigenvalue weighted by atomic mass is 35.5. The summed E-state index contributed by atoms with van der Waals surface area (Å²) >= 11 is 5.52. The Labute approximate surface area is 53.7 Å². The molecule has 3 heteroatoms. The maximum Gasteiger partial charge on any atom is 0.146 e. The van der Waals surface area contributed by atoms with Crippen molar-refractivity contribution in [3.05, 3.63) is 0 Å². The van der Waals surface area contributed by atoms with Crippen molar-refractivity contribution in [1.29, 1.82) is 0 Å². The Kier molecular flexibility index (Phi) is 2.59. The lowest BCUT2D eigenvalue weighted by Gasteiger charge is -2.19. The number of alkyl halides is 1. The third-order valence-electron chi connectivity index (χ3n) is 1.09. The van der Waals surface area contributed by atoms with Crippen molar-refractivity contribution >= 4 is 11.6 Å². The van der Waals surface area contributed by atoms with Crippen molar-refractivity contribution in [2.75, 3.05) is 25.9 Å². The molecular formula is C5H9ClO2. The molecule has 0 atom stereocenters. The van der Waals surface area contributed by atoms with E-state index in [9.17, 15) is 0 Å². The topological polar surface area (TPSA) is 18.5 Å². The van der Waals surface area contributed by atoms with E-state index in [2.05, 4.69) is 0 Å². The normalized spacial score (nSPS) is 23.6. The lowest BCUT2D eigenvalue weighted by atomic mass is 10.2. The summed E-state index contributed by atoms with van der Waals surface area (Å²) in [6.45, 7) is 1.94. The molecule has 0 saturated carbocycles. The highest BCUT2D eigenvalue weighted by Crippen LogP contribution is 2.05. The number of halogens is 1. The molecule has 48 valence electrons. The molecule has 0 aromatic rings. The van der Waals surface area contributed by atoms with Gasteiger partial charge in [0.2, 0.25) is 0 Å². The zero-order valence-electron chi connectivity index (χ0n) is 4.60. The second kappa shape index (κ2) is 3.28. The van der Waals surface area contributed by atoms with Gasteiger partial charge < -0.3 is 9.47 Å². The molecule has 0 bridgehead atoms. The number of hydrogen-bond acceptors (Lipinski definition) is 2. The molecule has 0 aromatic heterocycles. The quantitative estimate of drug-likeness (QED) is 0.498. The van der Waals surface area contributed by atoms with Crippen LogP contribution in [0.3, 0.4) is 0 Å². The standard InChI is InChI=1S/C5H9ClO2/c6-1-5-2-7-4-8-3-5/h5H,1-4H2. The van der Waals surface area contributed by atoms with Crippen LogP contribution in [0, 0.1) is 5.92 Å². The van der Waals surface area contributed by atoms with Gasteiger partial charge in [-0.05, 0) is 0 Å². The summed E-state index contributed by atoms with van der Waals surface area (Å²) in [6.07, 6.45) is 0. The van der Waals surface area contributed by atoms with Gasteiger partial charge in [0, 0.05) is 11.8 Å². The third kappa shape index (κ3) is 1.62. The molecule has 1 heterocycles. The minimum absolute atomic E-state index is 0.408. The molecule has 0 unspecified atom stereocenters. The van der Waals surface area contributed by atoms with Gasteiger partial charge in [0.05, 0.1) is 13.2 Å². The Morgan fingerprint density at radius 2 is 2.00 bits per heavy atom. The Morgan fingerprint density at radius 1 is 1.38 bits per heavy atom. The Hall–Kier alpha value is 0.210. The number of ether oxygens (including phenoxy) is 2. The van der Waals surface area contributed by atoms with Crippen molar-refractivity contribution in [3.8, 4) is 0 Å². The first kappa shape index (κ1) is 6.33. The largest absolute Gasteiger partial charge is 0.355 e. The Bertz CT molecular complexity index is 61.4. The van der Waals surface area contributed by atoms with E-state index in [-0.39, 0.29) is 0 Å². The lowest BCUT2D eigenvalue weighted by Crippen LogP contribution is -2.24. The van der Waals surface area contributed by atoms with Crippen LogP contribution < -0.4 is 0 Å². The van der Waals surface area contributed by atoms with Crippen LogP contribution in [0.1, 0.15) is 0 Å². The van der Waals surface area contributed by atoms with Gasteiger partial charge in [-0.1, -0.05) is 0 Å². The number of rotatable bonds is 1. The van der Waals surface area contributed by atoms with Gasteiger partial charge in [-0.15, -0.1) is 11.6 Å². The maximum atomic E-state index is 5.52. The molecule has 1 rings (SSSR count). The van der Waals surface area contributed by atoms with Crippen LogP contribution in [0.4, 0.5) is 0 Å². The summed E-state index contributed by atoms with van der Waals surface area (Å²) in [5.74, 6) is 1.05. The average molecular weight is 137 g/mol. The maximum absolute atomic E-state index is 5.52. The fourth-order valence-electron chi connectivity index (χ4n) is 0.626. The molecular weight excluding hydrogens is 128 g/mol. The molecule has 1 saturated heterocycles. The van der Waals surface area contributed by atoms with Gasteiger partial charge in [-0.25, -0.2) is 0 Å². The minimum atomic E-state index is 0.408.